The van der Waals surface area contributed by atoms with Gasteiger partial charge in [-0.2, -0.15) is 23.0 Å². The molecular formula is C26H32F3N5O3. The van der Waals surface area contributed by atoms with E-state index in [2.05, 4.69) is 40.0 Å². The molecule has 0 aliphatic carbocycles. The number of hydrogen-bond donors (Lipinski definition) is 1. The van der Waals surface area contributed by atoms with Gasteiger partial charge in [-0.3, -0.25) is 4.90 Å². The number of hydrogen-bond acceptors (Lipinski definition) is 5. The van der Waals surface area contributed by atoms with Crippen molar-refractivity contribution in [2.75, 3.05) is 44.2 Å². The molecule has 1 amide bonds. The fraction of sp³-hybridized carbons (Fsp3) is 0.577. The van der Waals surface area contributed by atoms with Gasteiger partial charge < -0.3 is 14.9 Å². The van der Waals surface area contributed by atoms with E-state index >= 15 is 0 Å². The highest BCUT2D eigenvalue weighted by atomic mass is 19.4. The molecule has 1 aromatic carbocycles. The van der Waals surface area contributed by atoms with Crippen molar-refractivity contribution in [1.29, 1.82) is 0 Å². The SMILES string of the molecule is Cc1cc(N2CCCC2)ccc1CN1CCC2(CCN(C(=O)n3cc(C(F)(F)F)c(C(=O)O)n3)CC2)C1. The number of carboxylic acids is 1. The summed E-state index contributed by atoms with van der Waals surface area (Å²) in [6.45, 7) is 7.99. The Balaban J connectivity index is 1.19. The van der Waals surface area contributed by atoms with Crippen molar-refractivity contribution in [1.82, 2.24) is 19.6 Å². The number of piperidine rings is 1. The number of aromatic nitrogens is 2. The van der Waals surface area contributed by atoms with Gasteiger partial charge in [0.15, 0.2) is 5.69 Å². The monoisotopic (exact) mass is 519 g/mol. The van der Waals surface area contributed by atoms with Gasteiger partial charge in [-0.05, 0) is 74.2 Å². The standard InChI is InChI=1S/C26H32F3N5O3/c1-18-14-20(32-9-2-3-10-32)5-4-19(18)15-31-11-6-25(17-31)7-12-33(13-8-25)24(37)34-16-21(26(27,28)29)22(30-34)23(35)36/h4-5,14,16H,2-3,6-13,15,17H2,1H3,(H,35,36). The zero-order valence-electron chi connectivity index (χ0n) is 20.9. The number of amides is 1. The van der Waals surface area contributed by atoms with E-state index in [1.54, 1.807) is 0 Å². The number of anilines is 1. The van der Waals surface area contributed by atoms with Gasteiger partial charge in [0.2, 0.25) is 0 Å². The van der Waals surface area contributed by atoms with Crippen LogP contribution in [0.1, 0.15) is 59.3 Å². The minimum atomic E-state index is -4.90. The summed E-state index contributed by atoms with van der Waals surface area (Å²) >= 11 is 0. The summed E-state index contributed by atoms with van der Waals surface area (Å²) in [5.74, 6) is -1.82. The molecule has 200 valence electrons. The number of likely N-dealkylation sites (tertiary alicyclic amines) is 2. The smallest absolute Gasteiger partial charge is 0.420 e. The molecule has 0 unspecified atom stereocenters. The molecule has 0 atom stereocenters. The van der Waals surface area contributed by atoms with Gasteiger partial charge in [-0.25, -0.2) is 9.59 Å². The van der Waals surface area contributed by atoms with Gasteiger partial charge in [0, 0.05) is 51.2 Å². The van der Waals surface area contributed by atoms with Crippen LogP contribution in [0.25, 0.3) is 0 Å². The van der Waals surface area contributed by atoms with Crippen molar-refractivity contribution in [3.8, 4) is 0 Å². The number of nitrogens with zero attached hydrogens (tertiary/aromatic N) is 5. The third-order valence-electron chi connectivity index (χ3n) is 8.22. The summed E-state index contributed by atoms with van der Waals surface area (Å²) in [5.41, 5.74) is 1.41. The Hall–Kier alpha value is -3.08. The number of benzene rings is 1. The number of carbonyl (C=O) groups is 2. The molecule has 5 rings (SSSR count). The molecule has 2 aromatic rings. The lowest BCUT2D eigenvalue weighted by atomic mass is 9.78. The van der Waals surface area contributed by atoms with Crippen LogP contribution in [0, 0.1) is 12.3 Å². The van der Waals surface area contributed by atoms with Crippen molar-refractivity contribution >= 4 is 17.7 Å². The number of halogens is 3. The second-order valence-electron chi connectivity index (χ2n) is 10.7. The molecule has 3 saturated heterocycles. The van der Waals surface area contributed by atoms with Crippen molar-refractivity contribution in [3.05, 3.63) is 46.8 Å². The van der Waals surface area contributed by atoms with Gasteiger partial charge in [0.1, 0.15) is 5.56 Å². The maximum Gasteiger partial charge on any atom is 0.420 e. The van der Waals surface area contributed by atoms with Crippen LogP contribution >= 0.6 is 0 Å². The van der Waals surface area contributed by atoms with Gasteiger partial charge in [-0.1, -0.05) is 6.07 Å². The lowest BCUT2D eigenvalue weighted by molar-refractivity contribution is -0.138. The van der Waals surface area contributed by atoms with Crippen molar-refractivity contribution in [2.45, 2.75) is 51.7 Å². The second-order valence-corrected chi connectivity index (χ2v) is 10.7. The Morgan fingerprint density at radius 3 is 2.32 bits per heavy atom. The molecule has 1 spiro atoms. The normalized spacial score (nSPS) is 20.2. The predicted molar refractivity (Wildman–Crippen MR) is 131 cm³/mol. The molecule has 37 heavy (non-hydrogen) atoms. The maximum atomic E-state index is 13.2. The summed E-state index contributed by atoms with van der Waals surface area (Å²) in [5, 5.41) is 12.5. The Morgan fingerprint density at radius 2 is 1.73 bits per heavy atom. The van der Waals surface area contributed by atoms with Gasteiger partial charge in [0.05, 0.1) is 0 Å². The minimum absolute atomic E-state index is 0.0770. The van der Waals surface area contributed by atoms with Crippen molar-refractivity contribution < 1.29 is 27.9 Å². The Morgan fingerprint density at radius 1 is 1.05 bits per heavy atom. The van der Waals surface area contributed by atoms with Crippen LogP contribution < -0.4 is 4.90 Å². The van der Waals surface area contributed by atoms with E-state index in [-0.39, 0.29) is 5.41 Å². The highest BCUT2D eigenvalue weighted by molar-refractivity contribution is 5.88. The number of alkyl halides is 3. The number of aryl methyl sites for hydroxylation is 1. The molecule has 1 aromatic heterocycles. The Labute approximate surface area is 213 Å². The van der Waals surface area contributed by atoms with E-state index < -0.39 is 29.4 Å². The second kappa shape index (κ2) is 9.66. The van der Waals surface area contributed by atoms with Crippen LogP contribution in [0.3, 0.4) is 0 Å². The molecule has 1 N–H and O–H groups in total. The first-order valence-electron chi connectivity index (χ1n) is 12.8. The molecule has 3 aliphatic heterocycles. The highest BCUT2D eigenvalue weighted by Gasteiger charge is 2.43. The summed E-state index contributed by atoms with van der Waals surface area (Å²) in [4.78, 5) is 30.4. The average molecular weight is 520 g/mol. The molecule has 0 bridgehead atoms. The van der Waals surface area contributed by atoms with Crippen LogP contribution in [-0.4, -0.2) is 76.0 Å². The number of carbonyl (C=O) groups excluding carboxylic acids is 1. The maximum absolute atomic E-state index is 13.2. The molecule has 8 nitrogen and oxygen atoms in total. The number of aromatic carboxylic acids is 1. The van der Waals surface area contributed by atoms with Gasteiger partial charge in [-0.15, -0.1) is 0 Å². The minimum Gasteiger partial charge on any atom is -0.476 e. The summed E-state index contributed by atoms with van der Waals surface area (Å²) < 4.78 is 40.1. The predicted octanol–water partition coefficient (Wildman–Crippen LogP) is 4.46. The average Bonchev–Trinajstić information content (AvgIpc) is 3.61. The lowest BCUT2D eigenvalue weighted by Gasteiger charge is -2.39. The van der Waals surface area contributed by atoms with Crippen molar-refractivity contribution in [2.24, 2.45) is 5.41 Å². The fourth-order valence-electron chi connectivity index (χ4n) is 6.00. The van der Waals surface area contributed by atoms with Gasteiger partial charge >= 0.3 is 18.2 Å². The molecule has 11 heteroatoms. The first-order chi connectivity index (χ1) is 17.5. The highest BCUT2D eigenvalue weighted by Crippen LogP contribution is 2.41. The molecule has 3 aliphatic rings. The van der Waals surface area contributed by atoms with E-state index in [1.165, 1.54) is 34.6 Å². The molecule has 3 fully saturated rings. The number of rotatable bonds is 4. The fourth-order valence-corrected chi connectivity index (χ4v) is 6.00. The first-order valence-corrected chi connectivity index (χ1v) is 12.8. The first kappa shape index (κ1) is 25.6. The lowest BCUT2D eigenvalue weighted by Crippen LogP contribution is -2.45. The molecular weight excluding hydrogens is 487 g/mol. The van der Waals surface area contributed by atoms with E-state index in [9.17, 15) is 22.8 Å². The Bertz CT molecular complexity index is 1180. The van der Waals surface area contributed by atoms with E-state index in [0.29, 0.717) is 24.0 Å². The quantitative estimate of drug-likeness (QED) is 0.642. The van der Waals surface area contributed by atoms with E-state index in [4.69, 9.17) is 5.11 Å². The summed E-state index contributed by atoms with van der Waals surface area (Å²) in [7, 11) is 0. The molecule has 4 heterocycles. The summed E-state index contributed by atoms with van der Waals surface area (Å²) in [6.07, 6.45) is 0.591. The largest absolute Gasteiger partial charge is 0.476 e. The third-order valence-corrected chi connectivity index (χ3v) is 8.22. The van der Waals surface area contributed by atoms with Crippen molar-refractivity contribution in [3.63, 3.8) is 0 Å². The van der Waals surface area contributed by atoms with Crippen LogP contribution in [-0.2, 0) is 12.7 Å². The zero-order valence-corrected chi connectivity index (χ0v) is 20.9. The zero-order chi connectivity index (χ0) is 26.4. The van der Waals surface area contributed by atoms with Crippen LogP contribution in [0.5, 0.6) is 0 Å². The van der Waals surface area contributed by atoms with E-state index in [0.717, 1.165) is 52.0 Å². The third kappa shape index (κ3) is 5.18. The topological polar surface area (TPSA) is 81.9 Å². The van der Waals surface area contributed by atoms with Crippen LogP contribution in [0.2, 0.25) is 0 Å². The molecule has 0 radical (unpaired) electrons. The summed E-state index contributed by atoms with van der Waals surface area (Å²) in [6, 6.07) is 6.02. The molecule has 0 saturated carbocycles. The van der Waals surface area contributed by atoms with E-state index in [1.807, 2.05) is 0 Å². The van der Waals surface area contributed by atoms with Gasteiger partial charge in [0.25, 0.3) is 0 Å². The van der Waals surface area contributed by atoms with Crippen LogP contribution in [0.4, 0.5) is 23.7 Å². The van der Waals surface area contributed by atoms with Crippen LogP contribution in [0.15, 0.2) is 24.4 Å². The number of carboxylic acid groups (broad SMARTS) is 1. The Kier molecular flexibility index (Phi) is 6.68.